The van der Waals surface area contributed by atoms with E-state index < -0.39 is 0 Å². The van der Waals surface area contributed by atoms with Crippen LogP contribution in [0.25, 0.3) is 0 Å². The van der Waals surface area contributed by atoms with Crippen LogP contribution < -0.4 is 0 Å². The lowest BCUT2D eigenvalue weighted by Gasteiger charge is -2.03. The van der Waals surface area contributed by atoms with Gasteiger partial charge in [-0.3, -0.25) is 4.79 Å². The van der Waals surface area contributed by atoms with Crippen molar-refractivity contribution < 1.29 is 4.79 Å². The van der Waals surface area contributed by atoms with Gasteiger partial charge in [-0.1, -0.05) is 40.9 Å². The number of thioether (sulfide) groups is 1. The van der Waals surface area contributed by atoms with Gasteiger partial charge in [0.1, 0.15) is 0 Å². The predicted octanol–water partition coefficient (Wildman–Crippen LogP) is 4.38. The van der Waals surface area contributed by atoms with Gasteiger partial charge in [0.25, 0.3) is 0 Å². The van der Waals surface area contributed by atoms with Crippen molar-refractivity contribution in [1.82, 2.24) is 10.2 Å². The highest BCUT2D eigenvalue weighted by Gasteiger charge is 2.09. The maximum Gasteiger partial charge on any atom is 0.179 e. The molecule has 18 heavy (non-hydrogen) atoms. The molecule has 0 unspecified atom stereocenters. The molecular weight excluding hydrogens is 352 g/mol. The van der Waals surface area contributed by atoms with E-state index in [4.69, 9.17) is 0 Å². The zero-order valence-corrected chi connectivity index (χ0v) is 13.7. The standard InChI is InChI=1S/C11H9BrN2OS3/c1-6(15)7-3-4-9(8(12)5-7)17-11-14-13-10(16-2)18-11/h3-5H,1-2H3. The van der Waals surface area contributed by atoms with Crippen LogP contribution in [0.2, 0.25) is 0 Å². The minimum Gasteiger partial charge on any atom is -0.295 e. The van der Waals surface area contributed by atoms with Crippen LogP contribution in [0, 0.1) is 0 Å². The van der Waals surface area contributed by atoms with Gasteiger partial charge < -0.3 is 0 Å². The summed E-state index contributed by atoms with van der Waals surface area (Å²) in [4.78, 5) is 12.3. The third kappa shape index (κ3) is 3.34. The number of hydrogen-bond acceptors (Lipinski definition) is 6. The Labute approximate surface area is 126 Å². The number of halogens is 1. The fraction of sp³-hybridized carbons (Fsp3) is 0.182. The molecule has 7 heteroatoms. The SMILES string of the molecule is CSc1nnc(Sc2ccc(C(C)=O)cc2Br)s1. The highest BCUT2D eigenvalue weighted by Crippen LogP contribution is 2.36. The Bertz CT molecular complexity index is 585. The summed E-state index contributed by atoms with van der Waals surface area (Å²) in [6.07, 6.45) is 1.98. The summed E-state index contributed by atoms with van der Waals surface area (Å²) in [5, 5.41) is 8.15. The Morgan fingerprint density at radius 2 is 2.06 bits per heavy atom. The predicted molar refractivity (Wildman–Crippen MR) is 80.0 cm³/mol. The summed E-state index contributed by atoms with van der Waals surface area (Å²) in [6, 6.07) is 5.58. The number of Topliss-reactive ketones (excluding diaryl/α,β-unsaturated/α-hetero) is 1. The first-order valence-corrected chi connectivity index (χ1v) is 8.61. The third-order valence-electron chi connectivity index (χ3n) is 2.10. The summed E-state index contributed by atoms with van der Waals surface area (Å²) in [5.41, 5.74) is 0.702. The van der Waals surface area contributed by atoms with Crippen molar-refractivity contribution in [2.24, 2.45) is 0 Å². The van der Waals surface area contributed by atoms with E-state index in [-0.39, 0.29) is 5.78 Å². The second-order valence-electron chi connectivity index (χ2n) is 3.34. The second-order valence-corrected chi connectivity index (χ2v) is 7.52. The molecule has 1 heterocycles. The summed E-state index contributed by atoms with van der Waals surface area (Å²) in [6.45, 7) is 1.56. The summed E-state index contributed by atoms with van der Waals surface area (Å²) >= 11 is 8.17. The molecule has 0 aliphatic carbocycles. The Balaban J connectivity index is 2.21. The Morgan fingerprint density at radius 3 is 2.61 bits per heavy atom. The Morgan fingerprint density at radius 1 is 1.33 bits per heavy atom. The van der Waals surface area contributed by atoms with Crippen molar-refractivity contribution in [3.05, 3.63) is 28.2 Å². The van der Waals surface area contributed by atoms with Gasteiger partial charge in [-0.05, 0) is 41.2 Å². The highest BCUT2D eigenvalue weighted by molar-refractivity contribution is 9.10. The molecule has 0 N–H and O–H groups in total. The molecule has 0 spiro atoms. The number of carbonyl (C=O) groups excluding carboxylic acids is 1. The molecule has 1 aromatic heterocycles. The largest absolute Gasteiger partial charge is 0.295 e. The first kappa shape index (κ1) is 14.0. The van der Waals surface area contributed by atoms with Gasteiger partial charge in [-0.25, -0.2) is 0 Å². The zero-order chi connectivity index (χ0) is 13.1. The molecule has 2 aromatic rings. The molecule has 0 amide bonds. The van der Waals surface area contributed by atoms with Crippen molar-refractivity contribution in [2.45, 2.75) is 20.5 Å². The Hall–Kier alpha value is -0.370. The molecule has 0 radical (unpaired) electrons. The minimum absolute atomic E-state index is 0.0628. The average Bonchev–Trinajstić information content (AvgIpc) is 2.79. The van der Waals surface area contributed by atoms with Gasteiger partial charge in [0, 0.05) is 14.9 Å². The van der Waals surface area contributed by atoms with E-state index in [1.54, 1.807) is 41.8 Å². The second kappa shape index (κ2) is 6.18. The van der Waals surface area contributed by atoms with E-state index in [0.29, 0.717) is 5.56 Å². The first-order chi connectivity index (χ1) is 8.60. The summed E-state index contributed by atoms with van der Waals surface area (Å²) in [7, 11) is 0. The lowest BCUT2D eigenvalue weighted by atomic mass is 10.2. The lowest BCUT2D eigenvalue weighted by Crippen LogP contribution is -1.91. The topological polar surface area (TPSA) is 42.9 Å². The quantitative estimate of drug-likeness (QED) is 0.597. The minimum atomic E-state index is 0.0628. The number of rotatable bonds is 4. The van der Waals surface area contributed by atoms with Gasteiger partial charge in [0.2, 0.25) is 0 Å². The molecule has 3 nitrogen and oxygen atoms in total. The molecule has 0 saturated carbocycles. The van der Waals surface area contributed by atoms with E-state index in [1.807, 2.05) is 24.5 Å². The normalized spacial score (nSPS) is 10.6. The van der Waals surface area contributed by atoms with Gasteiger partial charge in [0.15, 0.2) is 14.5 Å². The summed E-state index contributed by atoms with van der Waals surface area (Å²) < 4.78 is 2.76. The molecular formula is C11H9BrN2OS3. The number of hydrogen-bond donors (Lipinski definition) is 0. The number of aromatic nitrogens is 2. The maximum atomic E-state index is 11.3. The van der Waals surface area contributed by atoms with Gasteiger partial charge in [-0.2, -0.15) is 0 Å². The Kier molecular flexibility index (Phi) is 4.83. The zero-order valence-electron chi connectivity index (χ0n) is 9.64. The molecule has 0 atom stereocenters. The maximum absolute atomic E-state index is 11.3. The number of nitrogens with zero attached hydrogens (tertiary/aromatic N) is 2. The van der Waals surface area contributed by atoms with Crippen LogP contribution in [0.1, 0.15) is 17.3 Å². The van der Waals surface area contributed by atoms with Crippen LogP contribution in [0.4, 0.5) is 0 Å². The molecule has 0 aliphatic heterocycles. The van der Waals surface area contributed by atoms with Crippen LogP contribution in [-0.4, -0.2) is 22.2 Å². The number of benzene rings is 1. The van der Waals surface area contributed by atoms with Crippen LogP contribution >= 0.6 is 50.8 Å². The van der Waals surface area contributed by atoms with E-state index in [9.17, 15) is 4.79 Å². The summed E-state index contributed by atoms with van der Waals surface area (Å²) in [5.74, 6) is 0.0628. The smallest absolute Gasteiger partial charge is 0.179 e. The van der Waals surface area contributed by atoms with Crippen molar-refractivity contribution in [2.75, 3.05) is 6.26 Å². The van der Waals surface area contributed by atoms with Crippen LogP contribution in [0.5, 0.6) is 0 Å². The molecule has 1 aromatic carbocycles. The molecule has 0 aliphatic rings. The lowest BCUT2D eigenvalue weighted by molar-refractivity contribution is 0.101. The molecule has 0 bridgehead atoms. The molecule has 0 saturated heterocycles. The van der Waals surface area contributed by atoms with Crippen LogP contribution in [-0.2, 0) is 0 Å². The van der Waals surface area contributed by atoms with E-state index in [1.165, 1.54) is 0 Å². The van der Waals surface area contributed by atoms with Crippen LogP contribution in [0.15, 0.2) is 36.2 Å². The molecule has 0 fully saturated rings. The van der Waals surface area contributed by atoms with E-state index in [0.717, 1.165) is 18.0 Å². The molecule has 94 valence electrons. The molecule has 2 rings (SSSR count). The van der Waals surface area contributed by atoms with Gasteiger partial charge in [-0.15, -0.1) is 10.2 Å². The van der Waals surface area contributed by atoms with Crippen molar-refractivity contribution in [1.29, 1.82) is 0 Å². The third-order valence-corrected chi connectivity index (χ3v) is 6.04. The number of ketones is 1. The highest BCUT2D eigenvalue weighted by atomic mass is 79.9. The number of carbonyl (C=O) groups is 1. The van der Waals surface area contributed by atoms with Crippen molar-refractivity contribution in [3.8, 4) is 0 Å². The fourth-order valence-electron chi connectivity index (χ4n) is 1.22. The fourth-order valence-corrected chi connectivity index (χ4v) is 4.24. The van der Waals surface area contributed by atoms with Crippen molar-refractivity contribution >= 4 is 56.6 Å². The monoisotopic (exact) mass is 360 g/mol. The average molecular weight is 361 g/mol. The van der Waals surface area contributed by atoms with Crippen molar-refractivity contribution in [3.63, 3.8) is 0 Å². The van der Waals surface area contributed by atoms with Gasteiger partial charge in [0.05, 0.1) is 0 Å². The van der Waals surface area contributed by atoms with Gasteiger partial charge >= 0.3 is 0 Å². The van der Waals surface area contributed by atoms with E-state index >= 15 is 0 Å². The first-order valence-electron chi connectivity index (χ1n) is 4.96. The van der Waals surface area contributed by atoms with E-state index in [2.05, 4.69) is 26.1 Å². The van der Waals surface area contributed by atoms with Crippen LogP contribution in [0.3, 0.4) is 0 Å².